The second-order valence-electron chi connectivity index (χ2n) is 12.8. The zero-order valence-corrected chi connectivity index (χ0v) is 22.0. The maximum Gasteiger partial charge on any atom is 0.494 e. The van der Waals surface area contributed by atoms with Gasteiger partial charge in [-0.2, -0.15) is 0 Å². The Bertz CT molecular complexity index is 1030. The highest BCUT2D eigenvalue weighted by molar-refractivity contribution is 6.62. The summed E-state index contributed by atoms with van der Waals surface area (Å²) >= 11 is 0. The van der Waals surface area contributed by atoms with Crippen LogP contribution in [0.5, 0.6) is 0 Å². The predicted molar refractivity (Wildman–Crippen MR) is 136 cm³/mol. The van der Waals surface area contributed by atoms with E-state index in [1.807, 2.05) is 0 Å². The minimum atomic E-state index is -0.346. The molecule has 2 aliphatic heterocycles. The minimum Gasteiger partial charge on any atom is -0.403 e. The molecule has 2 aliphatic carbocycles. The molecular weight excluding hydrogens is 410 g/mol. The zero-order chi connectivity index (χ0) is 24.2. The predicted octanol–water partition coefficient (Wildman–Crippen LogP) is 5.45. The Morgan fingerprint density at radius 3 is 1.88 bits per heavy atom. The lowest BCUT2D eigenvalue weighted by molar-refractivity contribution is 0.00578. The van der Waals surface area contributed by atoms with E-state index in [2.05, 4.69) is 99.6 Å². The summed E-state index contributed by atoms with van der Waals surface area (Å²) in [6, 6.07) is 6.72. The van der Waals surface area contributed by atoms with E-state index in [-0.39, 0.29) is 47.9 Å². The molecule has 0 amide bonds. The Morgan fingerprint density at radius 2 is 1.30 bits per heavy atom. The third kappa shape index (κ3) is 3.36. The first-order chi connectivity index (χ1) is 15.1. The zero-order valence-electron chi connectivity index (χ0n) is 22.0. The van der Waals surface area contributed by atoms with E-state index < -0.39 is 0 Å². The van der Waals surface area contributed by atoms with Crippen LogP contribution in [0.15, 0.2) is 35.9 Å². The number of allylic oxidation sites excluding steroid dienone is 4. The molecule has 6 heteroatoms. The van der Waals surface area contributed by atoms with Crippen molar-refractivity contribution in [2.75, 3.05) is 0 Å². The van der Waals surface area contributed by atoms with Gasteiger partial charge in [0.1, 0.15) is 0 Å². The van der Waals surface area contributed by atoms with Crippen molar-refractivity contribution >= 4 is 25.3 Å². The van der Waals surface area contributed by atoms with Crippen LogP contribution in [0.4, 0.5) is 0 Å². The molecule has 0 saturated carbocycles. The van der Waals surface area contributed by atoms with Crippen molar-refractivity contribution in [2.24, 2.45) is 0 Å². The number of hydrogen-bond donors (Lipinski definition) is 0. The van der Waals surface area contributed by atoms with Gasteiger partial charge in [0.15, 0.2) is 0 Å². The fourth-order valence-electron chi connectivity index (χ4n) is 5.43. The fourth-order valence-corrected chi connectivity index (χ4v) is 5.43. The Hall–Kier alpha value is -1.33. The Morgan fingerprint density at radius 1 is 0.758 bits per heavy atom. The summed E-state index contributed by atoms with van der Waals surface area (Å²) in [5, 5.41) is 0. The monoisotopic (exact) mass is 448 g/mol. The van der Waals surface area contributed by atoms with Gasteiger partial charge in [0.25, 0.3) is 0 Å². The maximum absolute atomic E-state index is 6.39. The van der Waals surface area contributed by atoms with Crippen LogP contribution in [0.2, 0.25) is 5.82 Å². The third-order valence-electron chi connectivity index (χ3n) is 9.18. The van der Waals surface area contributed by atoms with Gasteiger partial charge < -0.3 is 18.6 Å². The fraction of sp³-hybridized carbons (Fsp3) is 0.630. The Labute approximate surface area is 200 Å². The highest BCUT2D eigenvalue weighted by atomic mass is 16.7. The van der Waals surface area contributed by atoms with E-state index in [0.717, 1.165) is 11.9 Å². The van der Waals surface area contributed by atoms with Crippen LogP contribution in [0.3, 0.4) is 0 Å². The van der Waals surface area contributed by atoms with Gasteiger partial charge >= 0.3 is 14.2 Å². The van der Waals surface area contributed by atoms with E-state index in [1.54, 1.807) is 0 Å². The largest absolute Gasteiger partial charge is 0.494 e. The maximum atomic E-state index is 6.39. The first kappa shape index (κ1) is 23.4. The van der Waals surface area contributed by atoms with Crippen molar-refractivity contribution in [3.63, 3.8) is 0 Å². The standard InChI is InChI=1S/C27H38B2O4/c1-23(2)21-15-17(28-30-24(3,4)25(5,6)31-28)11-13-19(21)20-14-12-18(16-22(20)23)29-32-26(7,8)27(9,10)33-29/h11-15,18H,16H2,1-10H3. The number of rotatable bonds is 2. The first-order valence-corrected chi connectivity index (χ1v) is 12.3. The molecule has 0 N–H and O–H groups in total. The van der Waals surface area contributed by atoms with Crippen molar-refractivity contribution in [1.82, 2.24) is 0 Å². The van der Waals surface area contributed by atoms with Crippen LogP contribution in [-0.2, 0) is 24.0 Å². The highest BCUT2D eigenvalue weighted by Crippen LogP contribution is 2.53. The normalized spacial score (nSPS) is 30.1. The molecule has 2 heterocycles. The molecule has 4 aliphatic rings. The number of fused-ring (bicyclic) bond motifs is 2. The van der Waals surface area contributed by atoms with Crippen molar-refractivity contribution in [2.45, 2.75) is 109 Å². The van der Waals surface area contributed by atoms with E-state index >= 15 is 0 Å². The molecule has 1 aromatic rings. The van der Waals surface area contributed by atoms with E-state index in [1.165, 1.54) is 22.3 Å². The van der Waals surface area contributed by atoms with Gasteiger partial charge in [-0.05, 0) is 84.0 Å². The van der Waals surface area contributed by atoms with Gasteiger partial charge in [-0.3, -0.25) is 0 Å². The lowest BCUT2D eigenvalue weighted by atomic mass is 9.63. The van der Waals surface area contributed by atoms with Crippen LogP contribution < -0.4 is 5.46 Å². The van der Waals surface area contributed by atoms with Gasteiger partial charge in [-0.25, -0.2) is 0 Å². The highest BCUT2D eigenvalue weighted by Gasteiger charge is 2.55. The number of hydrogen-bond acceptors (Lipinski definition) is 4. The van der Waals surface area contributed by atoms with Crippen LogP contribution >= 0.6 is 0 Å². The quantitative estimate of drug-likeness (QED) is 0.564. The summed E-state index contributed by atoms with van der Waals surface area (Å²) in [5.41, 5.74) is 5.18. The van der Waals surface area contributed by atoms with Gasteiger partial charge in [0.2, 0.25) is 0 Å². The lowest BCUT2D eigenvalue weighted by Crippen LogP contribution is -2.41. The summed E-state index contributed by atoms with van der Waals surface area (Å²) in [6.07, 6.45) is 5.51. The average molecular weight is 448 g/mol. The molecule has 0 aromatic heterocycles. The molecule has 0 spiro atoms. The Balaban J connectivity index is 1.42. The summed E-state index contributed by atoms with van der Waals surface area (Å²) < 4.78 is 25.5. The van der Waals surface area contributed by atoms with Crippen molar-refractivity contribution in [3.8, 4) is 0 Å². The van der Waals surface area contributed by atoms with Gasteiger partial charge in [-0.15, -0.1) is 0 Å². The minimum absolute atomic E-state index is 0.0725. The number of benzene rings is 1. The molecule has 0 bridgehead atoms. The first-order valence-electron chi connectivity index (χ1n) is 12.3. The van der Waals surface area contributed by atoms with Crippen LogP contribution in [0.1, 0.15) is 86.8 Å². The molecule has 176 valence electrons. The second kappa shape index (κ2) is 6.87. The molecule has 2 fully saturated rings. The molecule has 1 aromatic carbocycles. The summed E-state index contributed by atoms with van der Waals surface area (Å²) in [4.78, 5) is 0. The van der Waals surface area contributed by atoms with Gasteiger partial charge in [0.05, 0.1) is 22.4 Å². The topological polar surface area (TPSA) is 36.9 Å². The molecular formula is C27H38B2O4. The van der Waals surface area contributed by atoms with Crippen molar-refractivity contribution in [1.29, 1.82) is 0 Å². The molecule has 4 nitrogen and oxygen atoms in total. The van der Waals surface area contributed by atoms with E-state index in [9.17, 15) is 0 Å². The molecule has 1 unspecified atom stereocenters. The summed E-state index contributed by atoms with van der Waals surface area (Å²) in [5.74, 6) is 0.209. The van der Waals surface area contributed by atoms with Crippen molar-refractivity contribution < 1.29 is 18.6 Å². The lowest BCUT2D eigenvalue weighted by Gasteiger charge is -2.32. The summed E-state index contributed by atoms with van der Waals surface area (Å²) in [6.45, 7) is 21.6. The van der Waals surface area contributed by atoms with Crippen LogP contribution in [0.25, 0.3) is 5.57 Å². The molecule has 2 saturated heterocycles. The van der Waals surface area contributed by atoms with Crippen molar-refractivity contribution in [3.05, 3.63) is 47.1 Å². The molecule has 5 rings (SSSR count). The van der Waals surface area contributed by atoms with Gasteiger partial charge in [0, 0.05) is 11.2 Å². The SMILES string of the molecule is CC1(C)C2=C(C=CC(B3OC(C)(C)C(C)(C)O3)C2)c2ccc(B3OC(C)(C)C(C)(C)O3)cc21. The van der Waals surface area contributed by atoms with Crippen LogP contribution in [0, 0.1) is 0 Å². The third-order valence-corrected chi connectivity index (χ3v) is 9.18. The van der Waals surface area contributed by atoms with E-state index in [0.29, 0.717) is 0 Å². The average Bonchev–Trinajstić information content (AvgIpc) is 3.16. The Kier molecular flexibility index (Phi) is 4.88. The smallest absolute Gasteiger partial charge is 0.403 e. The molecule has 33 heavy (non-hydrogen) atoms. The van der Waals surface area contributed by atoms with Crippen LogP contribution in [-0.4, -0.2) is 36.6 Å². The second-order valence-corrected chi connectivity index (χ2v) is 12.8. The molecule has 0 radical (unpaired) electrons. The van der Waals surface area contributed by atoms with Gasteiger partial charge in [-0.1, -0.05) is 49.8 Å². The summed E-state index contributed by atoms with van der Waals surface area (Å²) in [7, 11) is -0.568. The van der Waals surface area contributed by atoms with E-state index in [4.69, 9.17) is 18.6 Å². The molecule has 1 atom stereocenters.